The van der Waals surface area contributed by atoms with Crippen LogP contribution >= 0.6 is 22.6 Å². The molecule has 0 N–H and O–H groups in total. The molecule has 1 aromatic heterocycles. The van der Waals surface area contributed by atoms with E-state index >= 15 is 0 Å². The Bertz CT molecular complexity index is 946. The molecule has 0 aliphatic rings. The summed E-state index contributed by atoms with van der Waals surface area (Å²) in [5.74, 6) is 1.51. The molecule has 3 rings (SSSR count). The van der Waals surface area contributed by atoms with E-state index in [1.165, 1.54) is 0 Å². The Kier molecular flexibility index (Phi) is 4.85. The Morgan fingerprint density at radius 2 is 1.83 bits per heavy atom. The molecule has 3 aromatic rings. The monoisotopic (exact) mass is 429 g/mol. The minimum absolute atomic E-state index is 0.0650. The van der Waals surface area contributed by atoms with Gasteiger partial charge in [-0.05, 0) is 58.5 Å². The van der Waals surface area contributed by atoms with Crippen LogP contribution in [0.5, 0.6) is 11.5 Å². The van der Waals surface area contributed by atoms with Crippen LogP contribution in [0.15, 0.2) is 72.2 Å². The first-order chi connectivity index (χ1) is 11.6. The maximum atomic E-state index is 11.9. The first-order valence-electron chi connectivity index (χ1n) is 7.44. The average molecular weight is 429 g/mol. The molecule has 24 heavy (non-hydrogen) atoms. The van der Waals surface area contributed by atoms with Crippen LogP contribution in [0.1, 0.15) is 5.56 Å². The molecule has 0 unspecified atom stereocenters. The highest BCUT2D eigenvalue weighted by molar-refractivity contribution is 14.1. The molecular weight excluding hydrogens is 413 g/mol. The van der Waals surface area contributed by atoms with Crippen LogP contribution in [-0.4, -0.2) is 4.57 Å². The predicted molar refractivity (Wildman–Crippen MR) is 106 cm³/mol. The number of hydrogen-bond donors (Lipinski definition) is 0. The lowest BCUT2D eigenvalue weighted by atomic mass is 10.0. The molecule has 0 saturated carbocycles. The van der Waals surface area contributed by atoms with Crippen LogP contribution in [0.4, 0.5) is 0 Å². The molecule has 0 amide bonds. The summed E-state index contributed by atoms with van der Waals surface area (Å²) >= 11 is 2.27. The third-order valence-electron chi connectivity index (χ3n) is 3.68. The molecule has 0 fully saturated rings. The van der Waals surface area contributed by atoms with Crippen LogP contribution in [0.25, 0.3) is 17.2 Å². The number of aromatic nitrogens is 1. The highest BCUT2D eigenvalue weighted by Gasteiger charge is 2.13. The van der Waals surface area contributed by atoms with Gasteiger partial charge in [-0.15, -0.1) is 0 Å². The van der Waals surface area contributed by atoms with E-state index in [-0.39, 0.29) is 5.56 Å². The van der Waals surface area contributed by atoms with Gasteiger partial charge in [0.1, 0.15) is 11.5 Å². The van der Waals surface area contributed by atoms with Gasteiger partial charge in [0.2, 0.25) is 0 Å². The molecule has 2 aromatic carbocycles. The summed E-state index contributed by atoms with van der Waals surface area (Å²) in [7, 11) is 1.74. The SMILES string of the molecule is C=Cc1cc(=O)n(C)cc1-c1cc(I)ccc1Oc1ccccc1. The average Bonchev–Trinajstić information content (AvgIpc) is 2.59. The molecular formula is C20H16INO2. The molecule has 1 heterocycles. The van der Waals surface area contributed by atoms with E-state index in [4.69, 9.17) is 4.74 Å². The van der Waals surface area contributed by atoms with Crippen molar-refractivity contribution in [3.8, 4) is 22.6 Å². The van der Waals surface area contributed by atoms with E-state index in [9.17, 15) is 4.79 Å². The topological polar surface area (TPSA) is 31.2 Å². The van der Waals surface area contributed by atoms with Crippen molar-refractivity contribution in [2.24, 2.45) is 7.05 Å². The Balaban J connectivity index is 2.17. The third-order valence-corrected chi connectivity index (χ3v) is 4.35. The lowest BCUT2D eigenvalue weighted by Gasteiger charge is -2.15. The Morgan fingerprint density at radius 3 is 2.54 bits per heavy atom. The Hall–Kier alpha value is -2.34. The zero-order chi connectivity index (χ0) is 17.1. The number of ether oxygens (including phenoxy) is 1. The molecule has 0 saturated heterocycles. The summed E-state index contributed by atoms with van der Waals surface area (Å²) in [5.41, 5.74) is 2.57. The highest BCUT2D eigenvalue weighted by atomic mass is 127. The molecule has 3 nitrogen and oxygen atoms in total. The first-order valence-corrected chi connectivity index (χ1v) is 8.52. The molecule has 4 heteroatoms. The van der Waals surface area contributed by atoms with Gasteiger partial charge in [0.15, 0.2) is 0 Å². The summed E-state index contributed by atoms with van der Waals surface area (Å²) in [4.78, 5) is 11.9. The Labute approximate surface area is 154 Å². The fourth-order valence-corrected chi connectivity index (χ4v) is 2.95. The van der Waals surface area contributed by atoms with Gasteiger partial charge in [-0.2, -0.15) is 0 Å². The molecule has 0 bridgehead atoms. The fourth-order valence-electron chi connectivity index (χ4n) is 2.46. The van der Waals surface area contributed by atoms with Crippen LogP contribution < -0.4 is 10.3 Å². The van der Waals surface area contributed by atoms with Crippen LogP contribution in [0.2, 0.25) is 0 Å². The van der Waals surface area contributed by atoms with Gasteiger partial charge < -0.3 is 9.30 Å². The molecule has 0 spiro atoms. The number of pyridine rings is 1. The number of benzene rings is 2. The van der Waals surface area contributed by atoms with Crippen molar-refractivity contribution in [1.82, 2.24) is 4.57 Å². The largest absolute Gasteiger partial charge is 0.457 e. The van der Waals surface area contributed by atoms with Crippen molar-refractivity contribution in [1.29, 1.82) is 0 Å². The van der Waals surface area contributed by atoms with E-state index in [2.05, 4.69) is 29.2 Å². The third kappa shape index (κ3) is 3.43. The van der Waals surface area contributed by atoms with E-state index in [1.807, 2.05) is 54.7 Å². The first kappa shape index (κ1) is 16.5. The standard InChI is InChI=1S/C20H16INO2/c1-3-14-11-20(23)22(2)13-18(14)17-12-15(21)9-10-19(17)24-16-7-5-4-6-8-16/h3-13H,1H2,2H3. The minimum Gasteiger partial charge on any atom is -0.457 e. The number of aryl methyl sites for hydroxylation is 1. The van der Waals surface area contributed by atoms with Crippen molar-refractivity contribution in [2.45, 2.75) is 0 Å². The van der Waals surface area contributed by atoms with Gasteiger partial charge in [-0.3, -0.25) is 4.79 Å². The maximum Gasteiger partial charge on any atom is 0.250 e. The van der Waals surface area contributed by atoms with Crippen LogP contribution in [0.3, 0.4) is 0 Å². The van der Waals surface area contributed by atoms with Crippen LogP contribution in [0, 0.1) is 3.57 Å². The van der Waals surface area contributed by atoms with E-state index < -0.39 is 0 Å². The van der Waals surface area contributed by atoms with Crippen LogP contribution in [-0.2, 0) is 7.05 Å². The quantitative estimate of drug-likeness (QED) is 0.541. The molecule has 120 valence electrons. The van der Waals surface area contributed by atoms with Crippen molar-refractivity contribution >= 4 is 28.7 Å². The normalized spacial score (nSPS) is 10.4. The summed E-state index contributed by atoms with van der Waals surface area (Å²) in [6.07, 6.45) is 3.52. The van der Waals surface area contributed by atoms with Gasteiger partial charge in [0.25, 0.3) is 5.56 Å². The zero-order valence-corrected chi connectivity index (χ0v) is 15.4. The van der Waals surface area contributed by atoms with Gasteiger partial charge in [0.05, 0.1) is 0 Å². The number of halogens is 1. The van der Waals surface area contributed by atoms with Crippen molar-refractivity contribution in [3.63, 3.8) is 0 Å². The van der Waals surface area contributed by atoms with Gasteiger partial charge in [0, 0.05) is 34.0 Å². The predicted octanol–water partition coefficient (Wildman–Crippen LogP) is 5.09. The fraction of sp³-hybridized carbons (Fsp3) is 0.0500. The van der Waals surface area contributed by atoms with Gasteiger partial charge >= 0.3 is 0 Å². The lowest BCUT2D eigenvalue weighted by Crippen LogP contribution is -2.15. The summed E-state index contributed by atoms with van der Waals surface area (Å²) in [5, 5.41) is 0. The highest BCUT2D eigenvalue weighted by Crippen LogP contribution is 2.36. The summed E-state index contributed by atoms with van der Waals surface area (Å²) in [6, 6.07) is 17.2. The number of hydrogen-bond acceptors (Lipinski definition) is 2. The summed E-state index contributed by atoms with van der Waals surface area (Å²) < 4.78 is 8.72. The Morgan fingerprint density at radius 1 is 1.08 bits per heavy atom. The number of para-hydroxylation sites is 1. The molecule has 0 aliphatic carbocycles. The zero-order valence-electron chi connectivity index (χ0n) is 13.2. The molecule has 0 radical (unpaired) electrons. The molecule has 0 aliphatic heterocycles. The number of rotatable bonds is 4. The van der Waals surface area contributed by atoms with Gasteiger partial charge in [-0.1, -0.05) is 30.9 Å². The maximum absolute atomic E-state index is 11.9. The lowest BCUT2D eigenvalue weighted by molar-refractivity contribution is 0.484. The van der Waals surface area contributed by atoms with Crippen molar-refractivity contribution < 1.29 is 4.74 Å². The van der Waals surface area contributed by atoms with Gasteiger partial charge in [-0.25, -0.2) is 0 Å². The summed E-state index contributed by atoms with van der Waals surface area (Å²) in [6.45, 7) is 3.83. The second kappa shape index (κ2) is 7.05. The van der Waals surface area contributed by atoms with E-state index in [0.717, 1.165) is 31.8 Å². The second-order valence-electron chi connectivity index (χ2n) is 5.35. The number of nitrogens with zero attached hydrogens (tertiary/aromatic N) is 1. The second-order valence-corrected chi connectivity index (χ2v) is 6.60. The van der Waals surface area contributed by atoms with E-state index in [1.54, 1.807) is 23.8 Å². The molecule has 0 atom stereocenters. The van der Waals surface area contributed by atoms with Crippen molar-refractivity contribution in [2.75, 3.05) is 0 Å². The smallest absolute Gasteiger partial charge is 0.250 e. The van der Waals surface area contributed by atoms with E-state index in [0.29, 0.717) is 0 Å². The minimum atomic E-state index is -0.0650. The van der Waals surface area contributed by atoms with Crippen molar-refractivity contribution in [3.05, 3.63) is 86.9 Å².